The lowest BCUT2D eigenvalue weighted by Gasteiger charge is -2.23. The van der Waals surface area contributed by atoms with E-state index in [1.165, 1.54) is 12.2 Å². The van der Waals surface area contributed by atoms with Crippen LogP contribution in [0.1, 0.15) is 46.0 Å². The normalized spacial score (nSPS) is 20.0. The second kappa shape index (κ2) is 9.92. The van der Waals surface area contributed by atoms with Crippen LogP contribution in [0, 0.1) is 11.8 Å². The van der Waals surface area contributed by atoms with Crippen molar-refractivity contribution in [3.05, 3.63) is 0 Å². The summed E-state index contributed by atoms with van der Waals surface area (Å²) in [6, 6.07) is 0.194. The van der Waals surface area contributed by atoms with Gasteiger partial charge in [-0.1, -0.05) is 13.8 Å². The standard InChI is InChI=1S/C15H28N2O3S/c1-11(2)12(5-6-14(18)19)7-8-16-15(20)17-13-4-3-9-21-10-13/h11-13H,3-10H2,1-2H3,(H,18,19)(H2,16,17,20). The Hall–Kier alpha value is -0.910. The molecule has 1 heterocycles. The summed E-state index contributed by atoms with van der Waals surface area (Å²) in [5, 5.41) is 14.7. The zero-order chi connectivity index (χ0) is 15.7. The van der Waals surface area contributed by atoms with E-state index in [2.05, 4.69) is 24.5 Å². The van der Waals surface area contributed by atoms with E-state index in [-0.39, 0.29) is 18.5 Å². The van der Waals surface area contributed by atoms with Crippen molar-refractivity contribution in [3.63, 3.8) is 0 Å². The Kier molecular flexibility index (Phi) is 8.57. The third-order valence-corrected chi connectivity index (χ3v) is 5.18. The number of carbonyl (C=O) groups excluding carboxylic acids is 1. The molecule has 0 spiro atoms. The summed E-state index contributed by atoms with van der Waals surface area (Å²) in [5.74, 6) is 2.22. The Morgan fingerprint density at radius 1 is 1.33 bits per heavy atom. The molecule has 0 bridgehead atoms. The van der Waals surface area contributed by atoms with E-state index in [9.17, 15) is 9.59 Å². The van der Waals surface area contributed by atoms with Gasteiger partial charge in [-0.2, -0.15) is 11.8 Å². The van der Waals surface area contributed by atoms with Crippen molar-refractivity contribution in [1.29, 1.82) is 0 Å². The molecule has 3 N–H and O–H groups in total. The number of carbonyl (C=O) groups is 2. The van der Waals surface area contributed by atoms with Gasteiger partial charge >= 0.3 is 12.0 Å². The van der Waals surface area contributed by atoms with E-state index >= 15 is 0 Å². The van der Waals surface area contributed by atoms with Gasteiger partial charge in [0.2, 0.25) is 0 Å². The predicted octanol–water partition coefficient (Wildman–Crippen LogP) is 2.71. The van der Waals surface area contributed by atoms with E-state index in [0.717, 1.165) is 18.6 Å². The molecule has 5 nitrogen and oxygen atoms in total. The molecule has 0 radical (unpaired) electrons. The van der Waals surface area contributed by atoms with Gasteiger partial charge in [-0.3, -0.25) is 4.79 Å². The van der Waals surface area contributed by atoms with E-state index in [4.69, 9.17) is 5.11 Å². The summed E-state index contributed by atoms with van der Waals surface area (Å²) in [4.78, 5) is 22.5. The molecule has 0 saturated carbocycles. The van der Waals surface area contributed by atoms with Gasteiger partial charge in [0.05, 0.1) is 0 Å². The van der Waals surface area contributed by atoms with E-state index in [0.29, 0.717) is 24.8 Å². The molecule has 0 aromatic carbocycles. The Balaban J connectivity index is 2.19. The number of carboxylic acid groups (broad SMARTS) is 1. The highest BCUT2D eigenvalue weighted by atomic mass is 32.2. The fraction of sp³-hybridized carbons (Fsp3) is 0.867. The summed E-state index contributed by atoms with van der Waals surface area (Å²) in [6.45, 7) is 4.81. The number of urea groups is 1. The average molecular weight is 316 g/mol. The molecule has 2 amide bonds. The largest absolute Gasteiger partial charge is 0.481 e. The third-order valence-electron chi connectivity index (χ3n) is 3.97. The van der Waals surface area contributed by atoms with Gasteiger partial charge in [-0.05, 0) is 43.3 Å². The monoisotopic (exact) mass is 316 g/mol. The SMILES string of the molecule is CC(C)C(CCNC(=O)NC1CCCSC1)CCC(=O)O. The number of aliphatic carboxylic acids is 1. The molecular weight excluding hydrogens is 288 g/mol. The zero-order valence-corrected chi connectivity index (χ0v) is 13.9. The van der Waals surface area contributed by atoms with E-state index < -0.39 is 5.97 Å². The highest BCUT2D eigenvalue weighted by molar-refractivity contribution is 7.99. The van der Waals surface area contributed by atoms with Gasteiger partial charge in [0.15, 0.2) is 0 Å². The molecule has 0 aliphatic carbocycles. The van der Waals surface area contributed by atoms with Crippen molar-refractivity contribution in [2.45, 2.75) is 52.0 Å². The van der Waals surface area contributed by atoms with Gasteiger partial charge in [-0.25, -0.2) is 4.79 Å². The average Bonchev–Trinajstić information content (AvgIpc) is 2.43. The summed E-state index contributed by atoms with van der Waals surface area (Å²) in [6.07, 6.45) is 3.94. The first-order valence-corrected chi connectivity index (χ1v) is 8.98. The number of carboxylic acids is 1. The number of rotatable bonds is 8. The molecule has 2 atom stereocenters. The molecule has 21 heavy (non-hydrogen) atoms. The lowest BCUT2D eigenvalue weighted by atomic mass is 9.88. The van der Waals surface area contributed by atoms with Crippen molar-refractivity contribution in [3.8, 4) is 0 Å². The summed E-state index contributed by atoms with van der Waals surface area (Å²) < 4.78 is 0. The Labute approximate surface area is 131 Å². The second-order valence-corrected chi connectivity index (χ2v) is 7.19. The smallest absolute Gasteiger partial charge is 0.315 e. The maximum absolute atomic E-state index is 11.8. The van der Waals surface area contributed by atoms with Gasteiger partial charge in [-0.15, -0.1) is 0 Å². The quantitative estimate of drug-likeness (QED) is 0.643. The highest BCUT2D eigenvalue weighted by Gasteiger charge is 2.17. The molecule has 1 fully saturated rings. The van der Waals surface area contributed by atoms with Crippen LogP contribution in [0.5, 0.6) is 0 Å². The Morgan fingerprint density at radius 3 is 2.67 bits per heavy atom. The molecule has 122 valence electrons. The highest BCUT2D eigenvalue weighted by Crippen LogP contribution is 2.20. The first-order chi connectivity index (χ1) is 9.99. The predicted molar refractivity (Wildman–Crippen MR) is 86.7 cm³/mol. The minimum atomic E-state index is -0.749. The van der Waals surface area contributed by atoms with Crippen LogP contribution in [0.15, 0.2) is 0 Å². The molecule has 1 rings (SSSR count). The van der Waals surface area contributed by atoms with Crippen LogP contribution in [0.3, 0.4) is 0 Å². The maximum atomic E-state index is 11.8. The van der Waals surface area contributed by atoms with Crippen molar-refractivity contribution in [2.75, 3.05) is 18.1 Å². The fourth-order valence-corrected chi connectivity index (χ4v) is 3.65. The van der Waals surface area contributed by atoms with Crippen LogP contribution < -0.4 is 10.6 Å². The van der Waals surface area contributed by atoms with Gasteiger partial charge in [0.1, 0.15) is 0 Å². The Bertz CT molecular complexity index is 331. The van der Waals surface area contributed by atoms with Crippen molar-refractivity contribution < 1.29 is 14.7 Å². The number of hydrogen-bond donors (Lipinski definition) is 3. The third kappa shape index (κ3) is 8.19. The molecule has 0 aromatic rings. The van der Waals surface area contributed by atoms with Crippen LogP contribution in [-0.2, 0) is 4.79 Å². The molecule has 6 heteroatoms. The van der Waals surface area contributed by atoms with Crippen LogP contribution in [-0.4, -0.2) is 41.2 Å². The minimum absolute atomic E-state index is 0.0942. The first kappa shape index (κ1) is 18.1. The maximum Gasteiger partial charge on any atom is 0.315 e. The van der Waals surface area contributed by atoms with Crippen molar-refractivity contribution >= 4 is 23.8 Å². The summed E-state index contributed by atoms with van der Waals surface area (Å²) in [7, 11) is 0. The molecular formula is C15H28N2O3S. The lowest BCUT2D eigenvalue weighted by molar-refractivity contribution is -0.137. The number of amides is 2. The molecule has 1 aliphatic rings. The fourth-order valence-electron chi connectivity index (χ4n) is 2.58. The summed E-state index contributed by atoms with van der Waals surface area (Å²) in [5.41, 5.74) is 0. The number of hydrogen-bond acceptors (Lipinski definition) is 3. The van der Waals surface area contributed by atoms with E-state index in [1.807, 2.05) is 11.8 Å². The zero-order valence-electron chi connectivity index (χ0n) is 13.1. The van der Waals surface area contributed by atoms with Crippen LogP contribution in [0.4, 0.5) is 4.79 Å². The molecule has 1 saturated heterocycles. The van der Waals surface area contributed by atoms with Gasteiger partial charge in [0, 0.05) is 24.8 Å². The van der Waals surface area contributed by atoms with Crippen LogP contribution >= 0.6 is 11.8 Å². The number of nitrogens with one attached hydrogen (secondary N) is 2. The lowest BCUT2D eigenvalue weighted by Crippen LogP contribution is -2.44. The molecule has 0 aromatic heterocycles. The topological polar surface area (TPSA) is 78.4 Å². The van der Waals surface area contributed by atoms with Crippen LogP contribution in [0.2, 0.25) is 0 Å². The van der Waals surface area contributed by atoms with Crippen molar-refractivity contribution in [2.24, 2.45) is 11.8 Å². The van der Waals surface area contributed by atoms with Crippen molar-refractivity contribution in [1.82, 2.24) is 10.6 Å². The Morgan fingerprint density at radius 2 is 2.10 bits per heavy atom. The molecule has 2 unspecified atom stereocenters. The van der Waals surface area contributed by atoms with Gasteiger partial charge in [0.25, 0.3) is 0 Å². The first-order valence-electron chi connectivity index (χ1n) is 7.83. The van der Waals surface area contributed by atoms with E-state index in [1.54, 1.807) is 0 Å². The molecule has 1 aliphatic heterocycles. The summed E-state index contributed by atoms with van der Waals surface area (Å²) >= 11 is 1.89. The minimum Gasteiger partial charge on any atom is -0.481 e. The van der Waals surface area contributed by atoms with Crippen LogP contribution in [0.25, 0.3) is 0 Å². The number of thioether (sulfide) groups is 1. The second-order valence-electron chi connectivity index (χ2n) is 6.04. The van der Waals surface area contributed by atoms with Gasteiger partial charge < -0.3 is 15.7 Å².